The fourth-order valence-electron chi connectivity index (χ4n) is 5.21. The van der Waals surface area contributed by atoms with Crippen molar-refractivity contribution >= 4 is 34.0 Å². The highest BCUT2D eigenvalue weighted by Crippen LogP contribution is 2.27. The van der Waals surface area contributed by atoms with Gasteiger partial charge in [0.15, 0.2) is 0 Å². The summed E-state index contributed by atoms with van der Waals surface area (Å²) in [6, 6.07) is 15.2. The lowest BCUT2D eigenvalue weighted by molar-refractivity contribution is -0.122. The topological polar surface area (TPSA) is 87.7 Å². The van der Waals surface area contributed by atoms with Crippen molar-refractivity contribution < 1.29 is 17.9 Å². The van der Waals surface area contributed by atoms with Crippen LogP contribution in [0.2, 0.25) is 0 Å². The van der Waals surface area contributed by atoms with Gasteiger partial charge in [-0.15, -0.1) is 12.4 Å². The second-order valence-corrected chi connectivity index (χ2v) is 12.1. The molecule has 0 aromatic heterocycles. The Hall–Kier alpha value is -2.29. The number of benzene rings is 2. The normalized spacial score (nSPS) is 17.5. The van der Waals surface area contributed by atoms with Crippen LogP contribution in [0.5, 0.6) is 11.5 Å². The molecule has 2 fully saturated rings. The molecule has 1 heterocycles. The number of halogens is 1. The van der Waals surface area contributed by atoms with E-state index in [2.05, 4.69) is 27.1 Å². The third-order valence-electron chi connectivity index (χ3n) is 7.18. The molecular weight excluding hydrogens is 510 g/mol. The van der Waals surface area contributed by atoms with Gasteiger partial charge in [0, 0.05) is 37.8 Å². The molecule has 1 saturated heterocycles. The average molecular weight is 550 g/mol. The van der Waals surface area contributed by atoms with E-state index in [1.807, 2.05) is 12.1 Å². The number of likely N-dealkylation sites (tertiary alicyclic amines) is 1. The van der Waals surface area contributed by atoms with E-state index in [0.29, 0.717) is 23.9 Å². The lowest BCUT2D eigenvalue weighted by Gasteiger charge is -2.32. The molecule has 2 aliphatic rings. The smallest absolute Gasteiger partial charge is 0.229 e. The third kappa shape index (κ3) is 10.2. The standard InChI is InChI=1S/C28H39N3O4S.ClH/c1-36(33,34)30-25-10-14-27(15-11-25)35-26-12-7-23(8-13-26)21-31-19-17-24(18-20-31)29-28(32)16-9-22-5-3-2-4-6-22;/h7-8,10-15,22,24,30H,2-6,9,16-21H2,1H3,(H,29,32);1H. The van der Waals surface area contributed by atoms with Crippen LogP contribution in [0.15, 0.2) is 48.5 Å². The van der Waals surface area contributed by atoms with Gasteiger partial charge in [-0.25, -0.2) is 8.42 Å². The summed E-state index contributed by atoms with van der Waals surface area (Å²) in [6.07, 6.45) is 11.5. The Kier molecular flexibility index (Phi) is 11.1. The summed E-state index contributed by atoms with van der Waals surface area (Å²) >= 11 is 0. The minimum absolute atomic E-state index is 0. The number of anilines is 1. The van der Waals surface area contributed by atoms with E-state index >= 15 is 0 Å². The first-order valence-corrected chi connectivity index (χ1v) is 15.1. The van der Waals surface area contributed by atoms with E-state index in [9.17, 15) is 13.2 Å². The first-order chi connectivity index (χ1) is 17.3. The molecule has 0 spiro atoms. The van der Waals surface area contributed by atoms with Crippen LogP contribution in [0.25, 0.3) is 0 Å². The number of hydrogen-bond donors (Lipinski definition) is 2. The zero-order valence-corrected chi connectivity index (χ0v) is 23.3. The Bertz CT molecular complexity index is 1080. The predicted octanol–water partition coefficient (Wildman–Crippen LogP) is 5.71. The van der Waals surface area contributed by atoms with Gasteiger partial charge in [-0.05, 0) is 67.1 Å². The number of sulfonamides is 1. The molecule has 0 atom stereocenters. The summed E-state index contributed by atoms with van der Waals surface area (Å²) in [7, 11) is -3.29. The van der Waals surface area contributed by atoms with Crippen LogP contribution in [-0.2, 0) is 21.4 Å². The first-order valence-electron chi connectivity index (χ1n) is 13.2. The number of hydrogen-bond acceptors (Lipinski definition) is 5. The van der Waals surface area contributed by atoms with E-state index in [-0.39, 0.29) is 18.3 Å². The minimum atomic E-state index is -3.29. The molecule has 1 saturated carbocycles. The number of nitrogens with one attached hydrogen (secondary N) is 2. The molecule has 1 aliphatic heterocycles. The lowest BCUT2D eigenvalue weighted by atomic mass is 9.86. The highest BCUT2D eigenvalue weighted by molar-refractivity contribution is 7.92. The number of carbonyl (C=O) groups excluding carboxylic acids is 1. The van der Waals surface area contributed by atoms with Crippen molar-refractivity contribution in [3.63, 3.8) is 0 Å². The molecule has 2 aromatic rings. The molecule has 1 aliphatic carbocycles. The van der Waals surface area contributed by atoms with Gasteiger partial charge in [-0.2, -0.15) is 0 Å². The molecule has 0 unspecified atom stereocenters. The monoisotopic (exact) mass is 549 g/mol. The van der Waals surface area contributed by atoms with E-state index in [4.69, 9.17) is 4.74 Å². The van der Waals surface area contributed by atoms with Crippen LogP contribution in [0.4, 0.5) is 5.69 Å². The zero-order chi connectivity index (χ0) is 25.4. The van der Waals surface area contributed by atoms with E-state index in [1.165, 1.54) is 37.7 Å². The molecule has 2 aromatic carbocycles. The zero-order valence-electron chi connectivity index (χ0n) is 21.7. The second-order valence-electron chi connectivity index (χ2n) is 10.3. The van der Waals surface area contributed by atoms with E-state index < -0.39 is 10.0 Å². The molecule has 1 amide bonds. The van der Waals surface area contributed by atoms with Crippen molar-refractivity contribution in [1.82, 2.24) is 10.2 Å². The average Bonchev–Trinajstić information content (AvgIpc) is 2.86. The molecule has 7 nitrogen and oxygen atoms in total. The molecule has 0 bridgehead atoms. The number of nitrogens with zero attached hydrogens (tertiary/aromatic N) is 1. The van der Waals surface area contributed by atoms with Gasteiger partial charge in [-0.3, -0.25) is 14.4 Å². The van der Waals surface area contributed by atoms with Gasteiger partial charge in [0.25, 0.3) is 0 Å². The van der Waals surface area contributed by atoms with E-state index in [0.717, 1.165) is 56.8 Å². The first kappa shape index (κ1) is 29.3. The van der Waals surface area contributed by atoms with Gasteiger partial charge < -0.3 is 10.1 Å². The summed E-state index contributed by atoms with van der Waals surface area (Å²) < 4.78 is 31.0. The Labute approximate surface area is 227 Å². The van der Waals surface area contributed by atoms with Crippen molar-refractivity contribution in [3.05, 3.63) is 54.1 Å². The van der Waals surface area contributed by atoms with Gasteiger partial charge in [0.1, 0.15) is 11.5 Å². The SMILES string of the molecule is CS(=O)(=O)Nc1ccc(Oc2ccc(CN3CCC(NC(=O)CCC4CCCCC4)CC3)cc2)cc1.Cl. The highest BCUT2D eigenvalue weighted by atomic mass is 35.5. The highest BCUT2D eigenvalue weighted by Gasteiger charge is 2.21. The third-order valence-corrected chi connectivity index (χ3v) is 7.79. The quantitative estimate of drug-likeness (QED) is 0.396. The predicted molar refractivity (Wildman–Crippen MR) is 151 cm³/mol. The van der Waals surface area contributed by atoms with Crippen LogP contribution in [0, 0.1) is 5.92 Å². The number of carbonyl (C=O) groups is 1. The molecule has 204 valence electrons. The summed E-state index contributed by atoms with van der Waals surface area (Å²) in [5, 5.41) is 3.27. The number of piperidine rings is 1. The largest absolute Gasteiger partial charge is 0.457 e. The maximum absolute atomic E-state index is 12.4. The van der Waals surface area contributed by atoms with Crippen molar-refractivity contribution in [2.24, 2.45) is 5.92 Å². The Morgan fingerprint density at radius 3 is 2.11 bits per heavy atom. The molecule has 4 rings (SSSR count). The van der Waals surface area contributed by atoms with Crippen molar-refractivity contribution in [2.75, 3.05) is 24.1 Å². The van der Waals surface area contributed by atoms with Crippen LogP contribution in [-0.4, -0.2) is 44.6 Å². The Morgan fingerprint density at radius 1 is 0.919 bits per heavy atom. The van der Waals surface area contributed by atoms with Gasteiger partial charge >= 0.3 is 0 Å². The van der Waals surface area contributed by atoms with Crippen molar-refractivity contribution in [1.29, 1.82) is 0 Å². The molecule has 2 N–H and O–H groups in total. The van der Waals surface area contributed by atoms with Crippen molar-refractivity contribution in [2.45, 2.75) is 70.4 Å². The number of ether oxygens (including phenoxy) is 1. The second kappa shape index (κ2) is 14.0. The fourth-order valence-corrected chi connectivity index (χ4v) is 5.77. The van der Waals surface area contributed by atoms with Gasteiger partial charge in [0.05, 0.1) is 6.26 Å². The van der Waals surface area contributed by atoms with E-state index in [1.54, 1.807) is 24.3 Å². The Morgan fingerprint density at radius 2 is 1.51 bits per heavy atom. The minimum Gasteiger partial charge on any atom is -0.457 e. The van der Waals surface area contributed by atoms with Crippen LogP contribution < -0.4 is 14.8 Å². The van der Waals surface area contributed by atoms with Crippen LogP contribution >= 0.6 is 12.4 Å². The summed E-state index contributed by atoms with van der Waals surface area (Å²) in [4.78, 5) is 14.8. The van der Waals surface area contributed by atoms with Crippen LogP contribution in [0.3, 0.4) is 0 Å². The number of amides is 1. The van der Waals surface area contributed by atoms with Crippen LogP contribution in [0.1, 0.15) is 63.4 Å². The summed E-state index contributed by atoms with van der Waals surface area (Å²) in [5.41, 5.74) is 1.73. The summed E-state index contributed by atoms with van der Waals surface area (Å²) in [6.45, 7) is 2.86. The van der Waals surface area contributed by atoms with Crippen molar-refractivity contribution in [3.8, 4) is 11.5 Å². The molecule has 37 heavy (non-hydrogen) atoms. The maximum Gasteiger partial charge on any atom is 0.229 e. The summed E-state index contributed by atoms with van der Waals surface area (Å²) in [5.74, 6) is 2.37. The van der Waals surface area contributed by atoms with Gasteiger partial charge in [0.2, 0.25) is 15.9 Å². The molecule has 0 radical (unpaired) electrons. The molecular formula is C28H40ClN3O4S. The lowest BCUT2D eigenvalue weighted by Crippen LogP contribution is -2.44. The number of rotatable bonds is 10. The Balaban J connectivity index is 0.00000380. The molecule has 9 heteroatoms. The van der Waals surface area contributed by atoms with Gasteiger partial charge in [-0.1, -0.05) is 44.2 Å². The maximum atomic E-state index is 12.4. The fraction of sp³-hybridized carbons (Fsp3) is 0.536.